The van der Waals surface area contributed by atoms with Crippen molar-refractivity contribution in [3.8, 4) is 0 Å². The number of carbonyl (C=O) groups is 1. The summed E-state index contributed by atoms with van der Waals surface area (Å²) in [5.74, 6) is -1.22. The van der Waals surface area contributed by atoms with Crippen molar-refractivity contribution in [2.75, 3.05) is 5.32 Å². The second-order valence-corrected chi connectivity index (χ2v) is 6.05. The Balaban J connectivity index is 1.87. The molecule has 0 amide bonds. The molecule has 4 rings (SSSR count). The zero-order valence-electron chi connectivity index (χ0n) is 12.3. The summed E-state index contributed by atoms with van der Waals surface area (Å²) in [6.45, 7) is 0. The number of anilines is 1. The summed E-state index contributed by atoms with van der Waals surface area (Å²) < 4.78 is 14.3. The Morgan fingerprint density at radius 3 is 2.70 bits per heavy atom. The number of fused-ring (bicyclic) bond motifs is 3. The largest absolute Gasteiger partial charge is 0.545 e. The Labute approximate surface area is 133 Å². The van der Waals surface area contributed by atoms with Crippen molar-refractivity contribution in [2.24, 2.45) is 5.92 Å². The fraction of sp³-hybridized carbons (Fsp3) is 0.211. The van der Waals surface area contributed by atoms with Crippen LogP contribution in [-0.4, -0.2) is 5.97 Å². The molecule has 2 aliphatic rings. The first kappa shape index (κ1) is 14.0. The van der Waals surface area contributed by atoms with Gasteiger partial charge in [0.05, 0.1) is 12.0 Å². The lowest BCUT2D eigenvalue weighted by Gasteiger charge is -2.38. The molecular weight excluding hydrogens is 293 g/mol. The van der Waals surface area contributed by atoms with Gasteiger partial charge in [0, 0.05) is 22.7 Å². The van der Waals surface area contributed by atoms with Gasteiger partial charge in [0.1, 0.15) is 5.82 Å². The molecule has 0 radical (unpaired) electrons. The van der Waals surface area contributed by atoms with Crippen LogP contribution in [0.25, 0.3) is 0 Å². The predicted octanol–water partition coefficient (Wildman–Crippen LogP) is 3.02. The van der Waals surface area contributed by atoms with E-state index < -0.39 is 5.97 Å². The van der Waals surface area contributed by atoms with Crippen molar-refractivity contribution in [3.63, 3.8) is 0 Å². The van der Waals surface area contributed by atoms with Crippen molar-refractivity contribution in [1.82, 2.24) is 0 Å². The Morgan fingerprint density at radius 2 is 1.91 bits per heavy atom. The van der Waals surface area contributed by atoms with Gasteiger partial charge in [-0.1, -0.05) is 48.6 Å². The lowest BCUT2D eigenvalue weighted by Crippen LogP contribution is -2.32. The molecule has 1 aliphatic carbocycles. The number of rotatable bonds is 2. The minimum absolute atomic E-state index is 0.0927. The number of allylic oxidation sites excluding steroid dienone is 2. The van der Waals surface area contributed by atoms with Gasteiger partial charge in [-0.15, -0.1) is 0 Å². The SMILES string of the molecule is O=C([O-])c1cccc2c1N[C@H](c1ccccc1F)[C@H]1CC=C[C@H]21. The van der Waals surface area contributed by atoms with Crippen molar-refractivity contribution < 1.29 is 14.3 Å². The number of halogens is 1. The quantitative estimate of drug-likeness (QED) is 0.868. The Hall–Kier alpha value is -2.62. The van der Waals surface area contributed by atoms with Gasteiger partial charge in [-0.3, -0.25) is 0 Å². The lowest BCUT2D eigenvalue weighted by atomic mass is 9.76. The molecule has 0 saturated heterocycles. The minimum atomic E-state index is -1.22. The van der Waals surface area contributed by atoms with Gasteiger partial charge in [-0.25, -0.2) is 4.39 Å². The van der Waals surface area contributed by atoms with Crippen LogP contribution in [0.4, 0.5) is 10.1 Å². The molecule has 116 valence electrons. The summed E-state index contributed by atoms with van der Waals surface area (Å²) in [5, 5.41) is 14.7. The molecule has 2 aromatic rings. The standard InChI is InChI=1S/C19H16FNO2/c20-16-10-2-1-5-14(16)17-12-7-3-6-11(12)13-8-4-9-15(19(22)23)18(13)21-17/h1-6,8-12,17,21H,7H2,(H,22,23)/p-1/t11-,12-,17-/m0/s1. The molecule has 0 unspecified atom stereocenters. The lowest BCUT2D eigenvalue weighted by molar-refractivity contribution is -0.254. The molecule has 4 heteroatoms. The molecule has 0 aromatic heterocycles. The summed E-state index contributed by atoms with van der Waals surface area (Å²) in [4.78, 5) is 11.4. The van der Waals surface area contributed by atoms with Crippen molar-refractivity contribution >= 4 is 11.7 Å². The predicted molar refractivity (Wildman–Crippen MR) is 83.5 cm³/mol. The molecule has 2 aromatic carbocycles. The molecule has 0 spiro atoms. The molecule has 0 saturated carbocycles. The zero-order chi connectivity index (χ0) is 16.0. The van der Waals surface area contributed by atoms with Crippen LogP contribution in [0.2, 0.25) is 0 Å². The van der Waals surface area contributed by atoms with Gasteiger partial charge in [-0.05, 0) is 24.0 Å². The van der Waals surface area contributed by atoms with Gasteiger partial charge in [0.2, 0.25) is 0 Å². The highest BCUT2D eigenvalue weighted by Crippen LogP contribution is 2.50. The highest BCUT2D eigenvalue weighted by molar-refractivity contribution is 5.94. The van der Waals surface area contributed by atoms with Crippen molar-refractivity contribution in [1.29, 1.82) is 0 Å². The van der Waals surface area contributed by atoms with Crippen LogP contribution in [0.3, 0.4) is 0 Å². The van der Waals surface area contributed by atoms with Crippen LogP contribution in [-0.2, 0) is 0 Å². The first-order valence-corrected chi connectivity index (χ1v) is 7.68. The van der Waals surface area contributed by atoms with Crippen LogP contribution >= 0.6 is 0 Å². The second-order valence-electron chi connectivity index (χ2n) is 6.05. The third-order valence-electron chi connectivity index (χ3n) is 4.86. The zero-order valence-corrected chi connectivity index (χ0v) is 12.3. The van der Waals surface area contributed by atoms with Gasteiger partial charge in [-0.2, -0.15) is 0 Å². The molecule has 3 nitrogen and oxygen atoms in total. The van der Waals surface area contributed by atoms with Crippen molar-refractivity contribution in [2.45, 2.75) is 18.4 Å². The number of carboxylic acid groups (broad SMARTS) is 1. The Kier molecular flexibility index (Phi) is 3.18. The topological polar surface area (TPSA) is 52.2 Å². The van der Waals surface area contributed by atoms with Gasteiger partial charge in [0.15, 0.2) is 0 Å². The van der Waals surface area contributed by atoms with Gasteiger partial charge >= 0.3 is 0 Å². The number of carboxylic acids is 1. The fourth-order valence-electron chi connectivity index (χ4n) is 3.83. The average Bonchev–Trinajstić information content (AvgIpc) is 3.04. The molecule has 0 fully saturated rings. The van der Waals surface area contributed by atoms with Crippen molar-refractivity contribution in [3.05, 3.63) is 77.1 Å². The van der Waals surface area contributed by atoms with E-state index in [9.17, 15) is 14.3 Å². The average molecular weight is 308 g/mol. The molecular formula is C19H15FNO2-. The third-order valence-corrected chi connectivity index (χ3v) is 4.86. The van der Waals surface area contributed by atoms with Crippen LogP contribution < -0.4 is 10.4 Å². The summed E-state index contributed by atoms with van der Waals surface area (Å²) in [6, 6.07) is 11.6. The van der Waals surface area contributed by atoms with Gasteiger partial charge < -0.3 is 15.2 Å². The Bertz CT molecular complexity index is 815. The summed E-state index contributed by atoms with van der Waals surface area (Å²) in [5.41, 5.74) is 2.19. The number of hydrogen-bond acceptors (Lipinski definition) is 3. The van der Waals surface area contributed by atoms with Crippen LogP contribution in [0.5, 0.6) is 0 Å². The molecule has 1 heterocycles. The van der Waals surface area contributed by atoms with E-state index >= 15 is 0 Å². The molecule has 3 atom stereocenters. The van der Waals surface area contributed by atoms with Crippen LogP contribution in [0, 0.1) is 11.7 Å². The molecule has 23 heavy (non-hydrogen) atoms. The maximum Gasteiger partial charge on any atom is 0.128 e. The number of para-hydroxylation sites is 1. The number of carbonyl (C=O) groups excluding carboxylic acids is 1. The van der Waals surface area contributed by atoms with Crippen LogP contribution in [0.15, 0.2) is 54.6 Å². The minimum Gasteiger partial charge on any atom is -0.545 e. The summed E-state index contributed by atoms with van der Waals surface area (Å²) in [6.07, 6.45) is 5.02. The first-order valence-electron chi connectivity index (χ1n) is 7.68. The molecule has 0 bridgehead atoms. The van der Waals surface area contributed by atoms with E-state index in [1.165, 1.54) is 12.1 Å². The summed E-state index contributed by atoms with van der Waals surface area (Å²) in [7, 11) is 0. The maximum absolute atomic E-state index is 14.3. The van der Waals surface area contributed by atoms with E-state index in [-0.39, 0.29) is 29.3 Å². The van der Waals surface area contributed by atoms with Crippen LogP contribution in [0.1, 0.15) is 39.9 Å². The third kappa shape index (κ3) is 2.13. The monoisotopic (exact) mass is 308 g/mol. The number of hydrogen-bond donors (Lipinski definition) is 1. The second kappa shape index (κ2) is 5.23. The van der Waals surface area contributed by atoms with E-state index in [4.69, 9.17) is 0 Å². The molecule has 1 aliphatic heterocycles. The number of aromatic carboxylic acids is 1. The van der Waals surface area contributed by atoms with E-state index in [0.717, 1.165) is 12.0 Å². The Morgan fingerprint density at radius 1 is 1.13 bits per heavy atom. The number of benzene rings is 2. The van der Waals surface area contributed by atoms with E-state index in [1.54, 1.807) is 24.3 Å². The van der Waals surface area contributed by atoms with E-state index in [0.29, 0.717) is 11.3 Å². The van der Waals surface area contributed by atoms with E-state index in [2.05, 4.69) is 17.5 Å². The highest BCUT2D eigenvalue weighted by Gasteiger charge is 2.39. The normalized spacial score (nSPS) is 24.7. The first-order chi connectivity index (χ1) is 11.2. The van der Waals surface area contributed by atoms with Gasteiger partial charge in [0.25, 0.3) is 0 Å². The molecule has 1 N–H and O–H groups in total. The maximum atomic E-state index is 14.3. The van der Waals surface area contributed by atoms with E-state index in [1.807, 2.05) is 6.07 Å². The fourth-order valence-corrected chi connectivity index (χ4v) is 3.83. The smallest absolute Gasteiger partial charge is 0.128 e. The number of nitrogens with one attached hydrogen (secondary N) is 1. The summed E-state index contributed by atoms with van der Waals surface area (Å²) >= 11 is 0. The highest BCUT2D eigenvalue weighted by atomic mass is 19.1.